The van der Waals surface area contributed by atoms with Crippen molar-refractivity contribution >= 4 is 0 Å². The molecule has 0 aromatic rings. The maximum atomic E-state index is 4.12. The third kappa shape index (κ3) is 3.00. The van der Waals surface area contributed by atoms with E-state index >= 15 is 0 Å². The van der Waals surface area contributed by atoms with Crippen LogP contribution < -0.4 is 0 Å². The predicted octanol–water partition coefficient (Wildman–Crippen LogP) is 4.17. The van der Waals surface area contributed by atoms with Gasteiger partial charge < -0.3 is 0 Å². The van der Waals surface area contributed by atoms with Crippen LogP contribution in [0.1, 0.15) is 52.4 Å². The second-order valence-corrected chi connectivity index (χ2v) is 4.51. The first-order chi connectivity index (χ1) is 5.72. The highest BCUT2D eigenvalue weighted by Gasteiger charge is 2.20. The van der Waals surface area contributed by atoms with Crippen LogP contribution in [0.2, 0.25) is 0 Å². The second-order valence-electron chi connectivity index (χ2n) is 4.51. The molecule has 0 spiro atoms. The van der Waals surface area contributed by atoms with Crippen LogP contribution in [-0.2, 0) is 0 Å². The zero-order chi connectivity index (χ0) is 8.97. The fourth-order valence-electron chi connectivity index (χ4n) is 2.43. The lowest BCUT2D eigenvalue weighted by atomic mass is 9.78. The molecule has 2 unspecified atom stereocenters. The Balaban J connectivity index is 2.29. The minimum atomic E-state index is 0.896. The Morgan fingerprint density at radius 3 is 2.75 bits per heavy atom. The molecule has 1 aliphatic rings. The molecule has 0 bridgehead atoms. The Bertz CT molecular complexity index is 146. The van der Waals surface area contributed by atoms with Crippen LogP contribution in [0.25, 0.3) is 0 Å². The third-order valence-corrected chi connectivity index (χ3v) is 2.92. The number of rotatable bonds is 3. The molecule has 0 amide bonds. The van der Waals surface area contributed by atoms with E-state index in [4.69, 9.17) is 0 Å². The van der Waals surface area contributed by atoms with E-state index in [9.17, 15) is 0 Å². The normalized spacial score (nSPS) is 30.7. The number of unbranched alkanes of at least 4 members (excludes halogenated alkanes) is 1. The first-order valence-electron chi connectivity index (χ1n) is 5.39. The number of allylic oxidation sites excluding steroid dienone is 1. The molecule has 0 N–H and O–H groups in total. The van der Waals surface area contributed by atoms with Crippen molar-refractivity contribution in [3.63, 3.8) is 0 Å². The Labute approximate surface area is 77.1 Å². The van der Waals surface area contributed by atoms with Crippen LogP contribution >= 0.6 is 0 Å². The van der Waals surface area contributed by atoms with Crippen LogP contribution in [0, 0.1) is 11.8 Å². The van der Waals surface area contributed by atoms with Crippen molar-refractivity contribution in [2.75, 3.05) is 0 Å². The summed E-state index contributed by atoms with van der Waals surface area (Å²) in [6, 6.07) is 0. The molecule has 1 saturated carbocycles. The van der Waals surface area contributed by atoms with Gasteiger partial charge in [0.25, 0.3) is 0 Å². The van der Waals surface area contributed by atoms with Gasteiger partial charge in [0, 0.05) is 0 Å². The van der Waals surface area contributed by atoms with Crippen molar-refractivity contribution in [1.29, 1.82) is 0 Å². The average Bonchev–Trinajstić information content (AvgIpc) is 1.99. The van der Waals surface area contributed by atoms with E-state index in [1.165, 1.54) is 44.1 Å². The van der Waals surface area contributed by atoms with Crippen LogP contribution in [0.15, 0.2) is 12.2 Å². The standard InChI is InChI=1S/C12H22/c1-4-5-6-12-8-10(2)7-11(3)9-12/h11-12H,2,4-9H2,1,3H3. The van der Waals surface area contributed by atoms with Gasteiger partial charge in [0.2, 0.25) is 0 Å². The SMILES string of the molecule is C=C1CC(C)CC(CCCC)C1. The van der Waals surface area contributed by atoms with Gasteiger partial charge in [-0.1, -0.05) is 45.3 Å². The molecule has 0 radical (unpaired) electrons. The average molecular weight is 166 g/mol. The van der Waals surface area contributed by atoms with Crippen molar-refractivity contribution in [1.82, 2.24) is 0 Å². The van der Waals surface area contributed by atoms with Gasteiger partial charge in [-0.15, -0.1) is 0 Å². The van der Waals surface area contributed by atoms with Gasteiger partial charge in [0.15, 0.2) is 0 Å². The molecular formula is C12H22. The van der Waals surface area contributed by atoms with Gasteiger partial charge in [-0.3, -0.25) is 0 Å². The Morgan fingerprint density at radius 1 is 1.42 bits per heavy atom. The van der Waals surface area contributed by atoms with Crippen molar-refractivity contribution in [2.45, 2.75) is 52.4 Å². The molecule has 0 aromatic heterocycles. The van der Waals surface area contributed by atoms with Gasteiger partial charge in [0.05, 0.1) is 0 Å². The monoisotopic (exact) mass is 166 g/mol. The van der Waals surface area contributed by atoms with E-state index in [0.717, 1.165) is 11.8 Å². The zero-order valence-electron chi connectivity index (χ0n) is 8.60. The van der Waals surface area contributed by atoms with Crippen LogP contribution in [0.3, 0.4) is 0 Å². The van der Waals surface area contributed by atoms with Gasteiger partial charge >= 0.3 is 0 Å². The molecular weight excluding hydrogens is 144 g/mol. The summed E-state index contributed by atoms with van der Waals surface area (Å²) in [5, 5.41) is 0. The van der Waals surface area contributed by atoms with E-state index in [-0.39, 0.29) is 0 Å². The maximum absolute atomic E-state index is 4.12. The van der Waals surface area contributed by atoms with Crippen LogP contribution in [-0.4, -0.2) is 0 Å². The molecule has 0 aliphatic heterocycles. The topological polar surface area (TPSA) is 0 Å². The summed E-state index contributed by atoms with van der Waals surface area (Å²) in [5.74, 6) is 1.86. The van der Waals surface area contributed by atoms with Crippen molar-refractivity contribution in [2.24, 2.45) is 11.8 Å². The maximum Gasteiger partial charge on any atom is -0.0294 e. The van der Waals surface area contributed by atoms with Crippen LogP contribution in [0.5, 0.6) is 0 Å². The van der Waals surface area contributed by atoms with Gasteiger partial charge in [-0.05, 0) is 31.1 Å². The number of hydrogen-bond acceptors (Lipinski definition) is 0. The van der Waals surface area contributed by atoms with Gasteiger partial charge in [0.1, 0.15) is 0 Å². The fourth-order valence-corrected chi connectivity index (χ4v) is 2.43. The molecule has 1 rings (SSSR count). The highest BCUT2D eigenvalue weighted by atomic mass is 14.3. The summed E-state index contributed by atoms with van der Waals surface area (Å²) in [7, 11) is 0. The Morgan fingerprint density at radius 2 is 2.17 bits per heavy atom. The summed E-state index contributed by atoms with van der Waals surface area (Å²) in [5.41, 5.74) is 1.50. The van der Waals surface area contributed by atoms with Crippen molar-refractivity contribution in [3.8, 4) is 0 Å². The minimum Gasteiger partial charge on any atom is -0.0998 e. The van der Waals surface area contributed by atoms with Crippen molar-refractivity contribution in [3.05, 3.63) is 12.2 Å². The molecule has 12 heavy (non-hydrogen) atoms. The fraction of sp³-hybridized carbons (Fsp3) is 0.833. The summed E-state index contributed by atoms with van der Waals surface area (Å²) >= 11 is 0. The van der Waals surface area contributed by atoms with Crippen molar-refractivity contribution < 1.29 is 0 Å². The largest absolute Gasteiger partial charge is 0.0998 e. The van der Waals surface area contributed by atoms with Crippen LogP contribution in [0.4, 0.5) is 0 Å². The van der Waals surface area contributed by atoms with E-state index in [1.807, 2.05) is 0 Å². The smallest absolute Gasteiger partial charge is 0.0294 e. The van der Waals surface area contributed by atoms with E-state index < -0.39 is 0 Å². The molecule has 70 valence electrons. The quantitative estimate of drug-likeness (QED) is 0.552. The molecule has 1 aliphatic carbocycles. The summed E-state index contributed by atoms with van der Waals surface area (Å²) in [4.78, 5) is 0. The lowest BCUT2D eigenvalue weighted by Crippen LogP contribution is -2.14. The minimum absolute atomic E-state index is 0.896. The van der Waals surface area contributed by atoms with E-state index in [2.05, 4.69) is 20.4 Å². The lowest BCUT2D eigenvalue weighted by molar-refractivity contribution is 0.314. The molecule has 0 heterocycles. The molecule has 0 nitrogen and oxygen atoms in total. The Kier molecular flexibility index (Phi) is 3.84. The molecule has 0 aromatic carbocycles. The second kappa shape index (κ2) is 4.69. The number of hydrogen-bond donors (Lipinski definition) is 0. The lowest BCUT2D eigenvalue weighted by Gasteiger charge is -2.28. The summed E-state index contributed by atoms with van der Waals surface area (Å²) in [6.45, 7) is 8.77. The van der Waals surface area contributed by atoms with Gasteiger partial charge in [-0.25, -0.2) is 0 Å². The predicted molar refractivity (Wildman–Crippen MR) is 55.2 cm³/mol. The third-order valence-electron chi connectivity index (χ3n) is 2.92. The first kappa shape index (κ1) is 9.83. The molecule has 0 heteroatoms. The molecule has 2 atom stereocenters. The van der Waals surface area contributed by atoms with E-state index in [0.29, 0.717) is 0 Å². The Hall–Kier alpha value is -0.260. The van der Waals surface area contributed by atoms with Gasteiger partial charge in [-0.2, -0.15) is 0 Å². The molecule has 0 saturated heterocycles. The molecule has 1 fully saturated rings. The highest BCUT2D eigenvalue weighted by molar-refractivity contribution is 5.01. The zero-order valence-corrected chi connectivity index (χ0v) is 8.60. The summed E-state index contributed by atoms with van der Waals surface area (Å²) < 4.78 is 0. The van der Waals surface area contributed by atoms with E-state index in [1.54, 1.807) is 0 Å². The summed E-state index contributed by atoms with van der Waals surface area (Å²) in [6.07, 6.45) is 8.22. The highest BCUT2D eigenvalue weighted by Crippen LogP contribution is 2.34. The first-order valence-corrected chi connectivity index (χ1v) is 5.39.